The molecule has 0 amide bonds. The van der Waals surface area contributed by atoms with Crippen molar-refractivity contribution < 1.29 is 14.3 Å². The van der Waals surface area contributed by atoms with Crippen LogP contribution in [0.1, 0.15) is 10.4 Å². The third-order valence-corrected chi connectivity index (χ3v) is 6.99. The van der Waals surface area contributed by atoms with Gasteiger partial charge in [0, 0.05) is 32.0 Å². The van der Waals surface area contributed by atoms with E-state index in [9.17, 15) is 4.79 Å². The molecule has 32 heavy (non-hydrogen) atoms. The second kappa shape index (κ2) is 9.50. The van der Waals surface area contributed by atoms with Crippen LogP contribution in [0.4, 0.5) is 0 Å². The lowest BCUT2D eigenvalue weighted by atomic mass is 10.1. The first kappa shape index (κ1) is 22.0. The summed E-state index contributed by atoms with van der Waals surface area (Å²) in [7, 11) is -1.10. The molecule has 4 rings (SSSR count). The van der Waals surface area contributed by atoms with Gasteiger partial charge in [0.15, 0.2) is 0 Å². The van der Waals surface area contributed by atoms with Crippen LogP contribution in [0, 0.1) is 0 Å². The van der Waals surface area contributed by atoms with E-state index >= 15 is 0 Å². The second-order valence-electron chi connectivity index (χ2n) is 9.08. The van der Waals surface area contributed by atoms with E-state index in [0.29, 0.717) is 12.3 Å². The molecule has 0 saturated heterocycles. The minimum atomic E-state index is -1.10. The molecule has 0 unspecified atom stereocenters. The number of hydrogen-bond acceptors (Lipinski definition) is 4. The average Bonchev–Trinajstić information content (AvgIpc) is 3.25. The van der Waals surface area contributed by atoms with E-state index in [0.717, 1.165) is 52.5 Å². The molecule has 1 heterocycles. The SMILES string of the molecule is C[Si](C)(C)CCOCn1nccc1-c1ccc(Oc2ccc3cc(C=O)ccc3c2)cc1. The number of hydrogen-bond donors (Lipinski definition) is 0. The van der Waals surface area contributed by atoms with Gasteiger partial charge >= 0.3 is 0 Å². The zero-order valence-corrected chi connectivity index (χ0v) is 19.7. The molecule has 0 atom stereocenters. The van der Waals surface area contributed by atoms with Crippen LogP contribution in [0.3, 0.4) is 0 Å². The molecule has 0 saturated carbocycles. The van der Waals surface area contributed by atoms with Gasteiger partial charge in [0.2, 0.25) is 0 Å². The Bertz CT molecular complexity index is 1210. The van der Waals surface area contributed by atoms with Crippen molar-refractivity contribution in [1.82, 2.24) is 9.78 Å². The Balaban J connectivity index is 1.42. The Labute approximate surface area is 189 Å². The van der Waals surface area contributed by atoms with Crippen molar-refractivity contribution in [2.24, 2.45) is 0 Å². The summed E-state index contributed by atoms with van der Waals surface area (Å²) < 4.78 is 13.8. The normalized spacial score (nSPS) is 11.6. The van der Waals surface area contributed by atoms with Crippen molar-refractivity contribution in [3.63, 3.8) is 0 Å². The maximum absolute atomic E-state index is 11.0. The van der Waals surface area contributed by atoms with E-state index in [1.54, 1.807) is 6.20 Å². The maximum atomic E-state index is 11.0. The molecule has 0 N–H and O–H groups in total. The van der Waals surface area contributed by atoms with Gasteiger partial charge in [-0.05, 0) is 65.3 Å². The van der Waals surface area contributed by atoms with Crippen molar-refractivity contribution in [1.29, 1.82) is 0 Å². The van der Waals surface area contributed by atoms with Gasteiger partial charge in [0.05, 0.1) is 5.69 Å². The van der Waals surface area contributed by atoms with Gasteiger partial charge in [-0.1, -0.05) is 37.8 Å². The minimum Gasteiger partial charge on any atom is -0.457 e. The first-order chi connectivity index (χ1) is 15.4. The molecule has 0 fully saturated rings. The molecule has 0 aliphatic heterocycles. The van der Waals surface area contributed by atoms with E-state index in [1.807, 2.05) is 71.4 Å². The fourth-order valence-electron chi connectivity index (χ4n) is 3.42. The number of fused-ring (bicyclic) bond motifs is 1. The number of ether oxygens (including phenoxy) is 2. The van der Waals surface area contributed by atoms with Crippen molar-refractivity contribution in [2.75, 3.05) is 6.61 Å². The number of aromatic nitrogens is 2. The smallest absolute Gasteiger partial charge is 0.150 e. The number of nitrogens with zero attached hydrogens (tertiary/aromatic N) is 2. The van der Waals surface area contributed by atoms with E-state index in [-0.39, 0.29) is 0 Å². The Morgan fingerprint density at radius 2 is 1.62 bits per heavy atom. The Morgan fingerprint density at radius 1 is 0.906 bits per heavy atom. The van der Waals surface area contributed by atoms with Gasteiger partial charge in [-0.2, -0.15) is 5.10 Å². The standard InChI is InChI=1S/C26H28N2O3Si/c1-32(2,3)15-14-30-19-28-26(12-13-27-28)21-6-9-24(10-7-21)31-25-11-8-22-16-20(18-29)4-5-23(22)17-25/h4-13,16-18H,14-15,19H2,1-3H3. The van der Waals surface area contributed by atoms with Gasteiger partial charge in [-0.3, -0.25) is 4.79 Å². The topological polar surface area (TPSA) is 53.4 Å². The van der Waals surface area contributed by atoms with Crippen LogP contribution in [0.5, 0.6) is 11.5 Å². The van der Waals surface area contributed by atoms with Crippen molar-refractivity contribution in [2.45, 2.75) is 32.4 Å². The maximum Gasteiger partial charge on any atom is 0.150 e. The molecular weight excluding hydrogens is 416 g/mol. The molecule has 0 spiro atoms. The molecule has 0 bridgehead atoms. The van der Waals surface area contributed by atoms with Gasteiger partial charge in [-0.15, -0.1) is 0 Å². The number of aldehydes is 1. The highest BCUT2D eigenvalue weighted by Crippen LogP contribution is 2.28. The van der Waals surface area contributed by atoms with Crippen LogP contribution < -0.4 is 4.74 Å². The van der Waals surface area contributed by atoms with Gasteiger partial charge in [0.25, 0.3) is 0 Å². The highest BCUT2D eigenvalue weighted by atomic mass is 28.3. The Kier molecular flexibility index (Phi) is 6.53. The van der Waals surface area contributed by atoms with Crippen LogP contribution in [0.25, 0.3) is 22.0 Å². The molecule has 0 aliphatic carbocycles. The van der Waals surface area contributed by atoms with Gasteiger partial charge in [-0.25, -0.2) is 4.68 Å². The largest absolute Gasteiger partial charge is 0.457 e. The van der Waals surface area contributed by atoms with Crippen molar-refractivity contribution >= 4 is 25.1 Å². The zero-order chi connectivity index (χ0) is 22.6. The summed E-state index contributed by atoms with van der Waals surface area (Å²) in [6, 6.07) is 22.6. The summed E-state index contributed by atoms with van der Waals surface area (Å²) >= 11 is 0. The molecule has 6 heteroatoms. The lowest BCUT2D eigenvalue weighted by Gasteiger charge is -2.16. The first-order valence-corrected chi connectivity index (χ1v) is 14.5. The quantitative estimate of drug-likeness (QED) is 0.165. The van der Waals surface area contributed by atoms with Crippen molar-refractivity contribution in [3.8, 4) is 22.8 Å². The Morgan fingerprint density at radius 3 is 2.38 bits per heavy atom. The molecule has 0 radical (unpaired) electrons. The highest BCUT2D eigenvalue weighted by molar-refractivity contribution is 6.76. The first-order valence-electron chi connectivity index (χ1n) is 10.8. The fraction of sp³-hybridized carbons (Fsp3) is 0.231. The highest BCUT2D eigenvalue weighted by Gasteiger charge is 2.13. The molecule has 4 aromatic rings. The van der Waals surface area contributed by atoms with Gasteiger partial charge in [0.1, 0.15) is 24.5 Å². The summed E-state index contributed by atoms with van der Waals surface area (Å²) in [5.74, 6) is 1.51. The molecule has 164 valence electrons. The van der Waals surface area contributed by atoms with Crippen molar-refractivity contribution in [3.05, 3.63) is 78.5 Å². The summed E-state index contributed by atoms with van der Waals surface area (Å²) in [4.78, 5) is 11.0. The molecule has 0 aliphatic rings. The van der Waals surface area contributed by atoms with E-state index in [1.165, 1.54) is 0 Å². The molecule has 3 aromatic carbocycles. The predicted molar refractivity (Wildman–Crippen MR) is 131 cm³/mol. The average molecular weight is 445 g/mol. The Hall–Kier alpha value is -3.22. The van der Waals surface area contributed by atoms with Crippen LogP contribution >= 0.6 is 0 Å². The molecule has 1 aromatic heterocycles. The third-order valence-electron chi connectivity index (χ3n) is 5.28. The van der Waals surface area contributed by atoms with Gasteiger partial charge < -0.3 is 9.47 Å². The van der Waals surface area contributed by atoms with Crippen LogP contribution in [0.15, 0.2) is 72.9 Å². The van der Waals surface area contributed by atoms with E-state index in [2.05, 4.69) is 24.7 Å². The number of rotatable bonds is 9. The zero-order valence-electron chi connectivity index (χ0n) is 18.7. The number of benzene rings is 3. The number of carbonyl (C=O) groups is 1. The lowest BCUT2D eigenvalue weighted by molar-refractivity contribution is 0.0798. The minimum absolute atomic E-state index is 0.452. The monoisotopic (exact) mass is 444 g/mol. The third kappa shape index (κ3) is 5.52. The summed E-state index contributed by atoms with van der Waals surface area (Å²) in [5, 5.41) is 6.45. The second-order valence-corrected chi connectivity index (χ2v) is 14.7. The summed E-state index contributed by atoms with van der Waals surface area (Å²) in [6.07, 6.45) is 2.66. The molecule has 5 nitrogen and oxygen atoms in total. The lowest BCUT2D eigenvalue weighted by Crippen LogP contribution is -2.22. The summed E-state index contributed by atoms with van der Waals surface area (Å²) in [5.41, 5.74) is 2.74. The fourth-order valence-corrected chi connectivity index (χ4v) is 4.18. The van der Waals surface area contributed by atoms with Crippen LogP contribution in [0.2, 0.25) is 25.7 Å². The predicted octanol–water partition coefficient (Wildman–Crippen LogP) is 6.62. The van der Waals surface area contributed by atoms with Crippen LogP contribution in [-0.2, 0) is 11.5 Å². The number of carbonyl (C=O) groups excluding carboxylic acids is 1. The van der Waals surface area contributed by atoms with E-state index < -0.39 is 8.07 Å². The van der Waals surface area contributed by atoms with Crippen LogP contribution in [-0.4, -0.2) is 30.7 Å². The summed E-state index contributed by atoms with van der Waals surface area (Å²) in [6.45, 7) is 8.26. The van der Waals surface area contributed by atoms with E-state index in [4.69, 9.17) is 9.47 Å². The molecular formula is C26H28N2O3Si.